The third kappa shape index (κ3) is 3.47. The van der Waals surface area contributed by atoms with Crippen molar-refractivity contribution in [2.45, 2.75) is 6.54 Å². The SMILES string of the molecule is O=C(NCc1cn[nH]c1-c1ccc(Cl)cc1)c1cc(=O)[nH]c2ccccc12. The van der Waals surface area contributed by atoms with E-state index in [4.69, 9.17) is 11.6 Å². The number of nitrogens with one attached hydrogen (secondary N) is 3. The lowest BCUT2D eigenvalue weighted by atomic mass is 10.1. The minimum absolute atomic E-state index is 0.272. The van der Waals surface area contributed by atoms with Gasteiger partial charge in [0.1, 0.15) is 0 Å². The number of halogens is 1. The molecule has 134 valence electrons. The molecule has 2 aromatic carbocycles. The summed E-state index contributed by atoms with van der Waals surface area (Å²) in [5.41, 5.74) is 3.21. The van der Waals surface area contributed by atoms with Gasteiger partial charge in [-0.05, 0) is 23.8 Å². The van der Waals surface area contributed by atoms with Crippen LogP contribution in [0.5, 0.6) is 0 Å². The quantitative estimate of drug-likeness (QED) is 0.507. The van der Waals surface area contributed by atoms with E-state index in [9.17, 15) is 9.59 Å². The average Bonchev–Trinajstić information content (AvgIpc) is 3.14. The highest BCUT2D eigenvalue weighted by Gasteiger charge is 2.13. The van der Waals surface area contributed by atoms with Gasteiger partial charge in [-0.2, -0.15) is 5.10 Å². The van der Waals surface area contributed by atoms with Crippen LogP contribution in [0.25, 0.3) is 22.2 Å². The number of nitrogens with zero attached hydrogens (tertiary/aromatic N) is 1. The Kier molecular flexibility index (Phi) is 4.48. The summed E-state index contributed by atoms with van der Waals surface area (Å²) in [4.78, 5) is 27.3. The maximum atomic E-state index is 12.7. The Hall–Kier alpha value is -3.38. The number of pyridine rings is 1. The van der Waals surface area contributed by atoms with Crippen LogP contribution in [0, 0.1) is 0 Å². The van der Waals surface area contributed by atoms with Gasteiger partial charge in [0.15, 0.2) is 0 Å². The topological polar surface area (TPSA) is 90.6 Å². The summed E-state index contributed by atoms with van der Waals surface area (Å²) in [6.07, 6.45) is 1.67. The standard InChI is InChI=1S/C20H15ClN4O2/c21-14-7-5-12(6-8-14)19-13(11-23-25-19)10-22-20(27)16-9-18(26)24-17-4-2-1-3-15(16)17/h1-9,11H,10H2,(H,22,27)(H,23,25)(H,24,26). The van der Waals surface area contributed by atoms with E-state index < -0.39 is 0 Å². The van der Waals surface area contributed by atoms with Crippen LogP contribution in [0.15, 0.2) is 65.6 Å². The second kappa shape index (κ2) is 7.09. The van der Waals surface area contributed by atoms with Crippen LogP contribution in [-0.2, 0) is 6.54 Å². The van der Waals surface area contributed by atoms with Crippen molar-refractivity contribution in [1.29, 1.82) is 0 Å². The molecule has 2 aromatic heterocycles. The van der Waals surface area contributed by atoms with Crippen LogP contribution in [0.3, 0.4) is 0 Å². The molecule has 0 saturated heterocycles. The first-order chi connectivity index (χ1) is 13.1. The lowest BCUT2D eigenvalue weighted by molar-refractivity contribution is 0.0952. The number of hydrogen-bond donors (Lipinski definition) is 3. The van der Waals surface area contributed by atoms with E-state index in [1.54, 1.807) is 30.5 Å². The van der Waals surface area contributed by atoms with Gasteiger partial charge in [-0.1, -0.05) is 41.9 Å². The van der Waals surface area contributed by atoms with Crippen molar-refractivity contribution in [3.8, 4) is 11.3 Å². The maximum Gasteiger partial charge on any atom is 0.252 e. The summed E-state index contributed by atoms with van der Waals surface area (Å²) in [5.74, 6) is -0.319. The fraction of sp³-hybridized carbons (Fsp3) is 0.0500. The number of H-pyrrole nitrogens is 2. The zero-order chi connectivity index (χ0) is 18.8. The molecular weight excluding hydrogens is 364 g/mol. The molecule has 0 saturated carbocycles. The highest BCUT2D eigenvalue weighted by atomic mass is 35.5. The Bertz CT molecular complexity index is 1180. The van der Waals surface area contributed by atoms with Crippen molar-refractivity contribution < 1.29 is 4.79 Å². The number of fused-ring (bicyclic) bond motifs is 1. The fourth-order valence-corrected chi connectivity index (χ4v) is 3.10. The van der Waals surface area contributed by atoms with E-state index in [0.717, 1.165) is 16.8 Å². The van der Waals surface area contributed by atoms with Crippen LogP contribution in [0.1, 0.15) is 15.9 Å². The number of rotatable bonds is 4. The molecule has 6 nitrogen and oxygen atoms in total. The van der Waals surface area contributed by atoms with Crippen molar-refractivity contribution in [3.63, 3.8) is 0 Å². The van der Waals surface area contributed by atoms with Gasteiger partial charge in [-0.25, -0.2) is 0 Å². The molecule has 27 heavy (non-hydrogen) atoms. The Labute approximate surface area is 159 Å². The van der Waals surface area contributed by atoms with E-state index >= 15 is 0 Å². The smallest absolute Gasteiger partial charge is 0.252 e. The zero-order valence-electron chi connectivity index (χ0n) is 14.1. The van der Waals surface area contributed by atoms with Crippen LogP contribution >= 0.6 is 11.6 Å². The average molecular weight is 379 g/mol. The molecule has 3 N–H and O–H groups in total. The Morgan fingerprint density at radius 3 is 2.70 bits per heavy atom. The van der Waals surface area contributed by atoms with E-state index in [1.807, 2.05) is 24.3 Å². The third-order valence-corrected chi connectivity index (χ3v) is 4.54. The molecule has 4 aromatic rings. The zero-order valence-corrected chi connectivity index (χ0v) is 14.9. The number of amides is 1. The molecule has 0 aliphatic rings. The number of aromatic nitrogens is 3. The van der Waals surface area contributed by atoms with Gasteiger partial charge in [-0.15, -0.1) is 0 Å². The van der Waals surface area contributed by atoms with Gasteiger partial charge in [0.25, 0.3) is 5.91 Å². The number of para-hydroxylation sites is 1. The Balaban J connectivity index is 1.59. The number of aromatic amines is 2. The predicted octanol–water partition coefficient (Wildman–Crippen LogP) is 3.50. The summed E-state index contributed by atoms with van der Waals surface area (Å²) in [7, 11) is 0. The van der Waals surface area contributed by atoms with Gasteiger partial charge in [0.05, 0.1) is 17.5 Å². The maximum absolute atomic E-state index is 12.7. The molecule has 4 rings (SSSR count). The molecule has 0 aliphatic carbocycles. The number of hydrogen-bond acceptors (Lipinski definition) is 3. The third-order valence-electron chi connectivity index (χ3n) is 4.29. The molecule has 7 heteroatoms. The number of benzene rings is 2. The van der Waals surface area contributed by atoms with E-state index in [2.05, 4.69) is 20.5 Å². The minimum Gasteiger partial charge on any atom is -0.348 e. The molecule has 0 bridgehead atoms. The largest absolute Gasteiger partial charge is 0.348 e. The summed E-state index contributed by atoms with van der Waals surface area (Å²) in [6, 6.07) is 15.9. The minimum atomic E-state index is -0.319. The van der Waals surface area contributed by atoms with Crippen molar-refractivity contribution >= 4 is 28.4 Å². The van der Waals surface area contributed by atoms with Crippen LogP contribution < -0.4 is 10.9 Å². The lowest BCUT2D eigenvalue weighted by Gasteiger charge is -2.08. The van der Waals surface area contributed by atoms with Crippen LogP contribution in [0.2, 0.25) is 5.02 Å². The Morgan fingerprint density at radius 1 is 1.11 bits per heavy atom. The van der Waals surface area contributed by atoms with E-state index in [1.165, 1.54) is 6.07 Å². The first-order valence-electron chi connectivity index (χ1n) is 8.30. The molecule has 1 amide bonds. The second-order valence-electron chi connectivity index (χ2n) is 6.05. The van der Waals surface area contributed by atoms with Gasteiger partial charge >= 0.3 is 0 Å². The van der Waals surface area contributed by atoms with Crippen molar-refractivity contribution in [1.82, 2.24) is 20.5 Å². The molecule has 0 aliphatic heterocycles. The Morgan fingerprint density at radius 2 is 1.89 bits per heavy atom. The van der Waals surface area contributed by atoms with Crippen molar-refractivity contribution in [3.05, 3.63) is 87.3 Å². The molecule has 0 atom stereocenters. The monoisotopic (exact) mass is 378 g/mol. The summed E-state index contributed by atoms with van der Waals surface area (Å²) >= 11 is 5.93. The van der Waals surface area contributed by atoms with E-state index in [0.29, 0.717) is 21.5 Å². The molecular formula is C20H15ClN4O2. The van der Waals surface area contributed by atoms with Crippen LogP contribution in [0.4, 0.5) is 0 Å². The first-order valence-corrected chi connectivity index (χ1v) is 8.68. The summed E-state index contributed by atoms with van der Waals surface area (Å²) in [5, 5.41) is 11.2. The molecule has 0 spiro atoms. The molecule has 0 unspecified atom stereocenters. The summed E-state index contributed by atoms with van der Waals surface area (Å²) in [6.45, 7) is 0.272. The highest BCUT2D eigenvalue weighted by molar-refractivity contribution is 6.30. The first kappa shape index (κ1) is 17.1. The highest BCUT2D eigenvalue weighted by Crippen LogP contribution is 2.23. The van der Waals surface area contributed by atoms with E-state index in [-0.39, 0.29) is 18.0 Å². The summed E-state index contributed by atoms with van der Waals surface area (Å²) < 4.78 is 0. The van der Waals surface area contributed by atoms with Crippen molar-refractivity contribution in [2.75, 3.05) is 0 Å². The normalized spacial score (nSPS) is 10.9. The van der Waals surface area contributed by atoms with Crippen molar-refractivity contribution in [2.24, 2.45) is 0 Å². The predicted molar refractivity (Wildman–Crippen MR) is 105 cm³/mol. The lowest BCUT2D eigenvalue weighted by Crippen LogP contribution is -2.24. The van der Waals surface area contributed by atoms with Gasteiger partial charge in [0.2, 0.25) is 5.56 Å². The molecule has 2 heterocycles. The van der Waals surface area contributed by atoms with Gasteiger partial charge in [-0.3, -0.25) is 14.7 Å². The number of carbonyl (C=O) groups is 1. The second-order valence-corrected chi connectivity index (χ2v) is 6.49. The van der Waals surface area contributed by atoms with Gasteiger partial charge < -0.3 is 10.3 Å². The number of carbonyl (C=O) groups excluding carboxylic acids is 1. The molecule has 0 radical (unpaired) electrons. The molecule has 0 fully saturated rings. The van der Waals surface area contributed by atoms with Crippen LogP contribution in [-0.4, -0.2) is 21.1 Å². The fourth-order valence-electron chi connectivity index (χ4n) is 2.97. The van der Waals surface area contributed by atoms with Gasteiger partial charge in [0, 0.05) is 34.1 Å².